The van der Waals surface area contributed by atoms with E-state index in [0.717, 1.165) is 18.5 Å². The van der Waals surface area contributed by atoms with Crippen LogP contribution in [0, 0.1) is 12.7 Å². The van der Waals surface area contributed by atoms with Gasteiger partial charge in [-0.05, 0) is 30.5 Å². The number of aryl methyl sites for hydroxylation is 1. The third kappa shape index (κ3) is 4.01. The average Bonchev–Trinajstić information content (AvgIpc) is 2.76. The van der Waals surface area contributed by atoms with Crippen LogP contribution in [0.5, 0.6) is 0 Å². The maximum atomic E-state index is 13.1. The van der Waals surface area contributed by atoms with Crippen LogP contribution in [0.3, 0.4) is 0 Å². The molecule has 1 aliphatic rings. The van der Waals surface area contributed by atoms with Crippen molar-refractivity contribution in [2.75, 3.05) is 19.6 Å². The fourth-order valence-corrected chi connectivity index (χ4v) is 2.23. The standard InChI is InChI=1S/C14H19FN2O2/c1-10-6-11(2-3-13(10)15)7-16-14(19)9-17-5-4-12(18)8-17/h2-3,6,12,18H,4-5,7-9H2,1H3,(H,16,19)/t12-/m1/s1. The summed E-state index contributed by atoms with van der Waals surface area (Å²) in [6, 6.07) is 4.81. The monoisotopic (exact) mass is 266 g/mol. The Bertz CT molecular complexity index is 465. The summed E-state index contributed by atoms with van der Waals surface area (Å²) < 4.78 is 13.1. The molecule has 2 N–H and O–H groups in total. The number of benzene rings is 1. The van der Waals surface area contributed by atoms with Crippen molar-refractivity contribution in [2.24, 2.45) is 0 Å². The van der Waals surface area contributed by atoms with Gasteiger partial charge in [-0.1, -0.05) is 12.1 Å². The van der Waals surface area contributed by atoms with Crippen molar-refractivity contribution >= 4 is 5.91 Å². The minimum Gasteiger partial charge on any atom is -0.392 e. The Morgan fingerprint density at radius 2 is 2.37 bits per heavy atom. The number of likely N-dealkylation sites (tertiary alicyclic amines) is 1. The number of amides is 1. The lowest BCUT2D eigenvalue weighted by molar-refractivity contribution is -0.122. The maximum absolute atomic E-state index is 13.1. The topological polar surface area (TPSA) is 52.6 Å². The van der Waals surface area contributed by atoms with Crippen LogP contribution >= 0.6 is 0 Å². The fraction of sp³-hybridized carbons (Fsp3) is 0.500. The van der Waals surface area contributed by atoms with Crippen molar-refractivity contribution in [3.05, 3.63) is 35.1 Å². The molecule has 1 aliphatic heterocycles. The number of rotatable bonds is 4. The quantitative estimate of drug-likeness (QED) is 0.848. The van der Waals surface area contributed by atoms with E-state index in [0.29, 0.717) is 25.2 Å². The van der Waals surface area contributed by atoms with E-state index in [1.807, 2.05) is 4.90 Å². The van der Waals surface area contributed by atoms with Crippen molar-refractivity contribution in [1.82, 2.24) is 10.2 Å². The largest absolute Gasteiger partial charge is 0.392 e. The molecule has 2 rings (SSSR count). The van der Waals surface area contributed by atoms with Crippen molar-refractivity contribution in [1.29, 1.82) is 0 Å². The predicted octanol–water partition coefficient (Wildman–Crippen LogP) is 0.817. The highest BCUT2D eigenvalue weighted by Gasteiger charge is 2.21. The van der Waals surface area contributed by atoms with E-state index in [2.05, 4.69) is 5.32 Å². The van der Waals surface area contributed by atoms with Gasteiger partial charge in [0.15, 0.2) is 0 Å². The lowest BCUT2D eigenvalue weighted by atomic mass is 10.1. The van der Waals surface area contributed by atoms with E-state index >= 15 is 0 Å². The lowest BCUT2D eigenvalue weighted by Gasteiger charge is -2.14. The Morgan fingerprint density at radius 1 is 1.58 bits per heavy atom. The Balaban J connectivity index is 1.78. The zero-order chi connectivity index (χ0) is 13.8. The van der Waals surface area contributed by atoms with Gasteiger partial charge in [0.05, 0.1) is 12.6 Å². The zero-order valence-electron chi connectivity index (χ0n) is 11.0. The molecule has 0 bridgehead atoms. The van der Waals surface area contributed by atoms with Gasteiger partial charge in [0.2, 0.25) is 5.91 Å². The molecule has 1 amide bonds. The van der Waals surface area contributed by atoms with E-state index in [1.165, 1.54) is 6.07 Å². The van der Waals surface area contributed by atoms with Gasteiger partial charge >= 0.3 is 0 Å². The number of carbonyl (C=O) groups is 1. The van der Waals surface area contributed by atoms with Crippen molar-refractivity contribution in [3.8, 4) is 0 Å². The smallest absolute Gasteiger partial charge is 0.234 e. The first-order valence-electron chi connectivity index (χ1n) is 6.47. The first kappa shape index (κ1) is 14.0. The van der Waals surface area contributed by atoms with E-state index in [-0.39, 0.29) is 17.8 Å². The van der Waals surface area contributed by atoms with Crippen molar-refractivity contribution < 1.29 is 14.3 Å². The highest BCUT2D eigenvalue weighted by atomic mass is 19.1. The number of aliphatic hydroxyl groups excluding tert-OH is 1. The Kier molecular flexibility index (Phi) is 4.50. The van der Waals surface area contributed by atoms with Crippen LogP contribution < -0.4 is 5.32 Å². The molecule has 1 aromatic carbocycles. The van der Waals surface area contributed by atoms with Crippen LogP contribution in [-0.4, -0.2) is 41.7 Å². The SMILES string of the molecule is Cc1cc(CNC(=O)CN2CC[C@@H](O)C2)ccc1F. The molecule has 0 aliphatic carbocycles. The molecule has 0 aromatic heterocycles. The summed E-state index contributed by atoms with van der Waals surface area (Å²) in [5.74, 6) is -0.308. The van der Waals surface area contributed by atoms with Gasteiger partial charge in [0.1, 0.15) is 5.82 Å². The van der Waals surface area contributed by atoms with Crippen LogP contribution in [0.1, 0.15) is 17.5 Å². The van der Waals surface area contributed by atoms with Gasteiger partial charge < -0.3 is 10.4 Å². The molecule has 4 nitrogen and oxygen atoms in total. The van der Waals surface area contributed by atoms with E-state index in [1.54, 1.807) is 19.1 Å². The molecule has 0 saturated carbocycles. The maximum Gasteiger partial charge on any atom is 0.234 e. The molecular weight excluding hydrogens is 247 g/mol. The fourth-order valence-electron chi connectivity index (χ4n) is 2.23. The lowest BCUT2D eigenvalue weighted by Crippen LogP contribution is -2.36. The molecule has 1 heterocycles. The molecule has 19 heavy (non-hydrogen) atoms. The van der Waals surface area contributed by atoms with Gasteiger partial charge in [0.25, 0.3) is 0 Å². The van der Waals surface area contributed by atoms with Gasteiger partial charge in [0, 0.05) is 19.6 Å². The number of nitrogens with one attached hydrogen (secondary N) is 1. The Labute approximate surface area is 112 Å². The van der Waals surface area contributed by atoms with Crippen LogP contribution in [0.2, 0.25) is 0 Å². The second-order valence-electron chi connectivity index (χ2n) is 5.04. The molecular formula is C14H19FN2O2. The molecule has 5 heteroatoms. The van der Waals surface area contributed by atoms with E-state index in [9.17, 15) is 14.3 Å². The number of hydrogen-bond acceptors (Lipinski definition) is 3. The minimum absolute atomic E-state index is 0.0731. The number of nitrogens with zero attached hydrogens (tertiary/aromatic N) is 1. The summed E-state index contributed by atoms with van der Waals surface area (Å²) in [5.41, 5.74) is 1.46. The van der Waals surface area contributed by atoms with Crippen LogP contribution in [0.15, 0.2) is 18.2 Å². The Morgan fingerprint density at radius 3 is 3.00 bits per heavy atom. The highest BCUT2D eigenvalue weighted by molar-refractivity contribution is 5.78. The van der Waals surface area contributed by atoms with Crippen LogP contribution in [0.4, 0.5) is 4.39 Å². The first-order valence-corrected chi connectivity index (χ1v) is 6.47. The molecule has 1 saturated heterocycles. The minimum atomic E-state index is -0.312. The van der Waals surface area contributed by atoms with Crippen LogP contribution in [0.25, 0.3) is 0 Å². The number of hydrogen-bond donors (Lipinski definition) is 2. The third-order valence-electron chi connectivity index (χ3n) is 3.33. The molecule has 1 fully saturated rings. The summed E-state index contributed by atoms with van der Waals surface area (Å²) in [6.07, 6.45) is 0.414. The second kappa shape index (κ2) is 6.12. The van der Waals surface area contributed by atoms with Gasteiger partial charge in [-0.25, -0.2) is 4.39 Å². The second-order valence-corrected chi connectivity index (χ2v) is 5.04. The van der Waals surface area contributed by atoms with Gasteiger partial charge in [-0.3, -0.25) is 9.69 Å². The van der Waals surface area contributed by atoms with E-state index in [4.69, 9.17) is 0 Å². The number of halogens is 1. The average molecular weight is 266 g/mol. The van der Waals surface area contributed by atoms with Gasteiger partial charge in [-0.2, -0.15) is 0 Å². The molecule has 0 unspecified atom stereocenters. The number of aliphatic hydroxyl groups is 1. The molecule has 1 atom stereocenters. The molecule has 0 spiro atoms. The van der Waals surface area contributed by atoms with Gasteiger partial charge in [-0.15, -0.1) is 0 Å². The Hall–Kier alpha value is -1.46. The van der Waals surface area contributed by atoms with Crippen LogP contribution in [-0.2, 0) is 11.3 Å². The summed E-state index contributed by atoms with van der Waals surface area (Å²) >= 11 is 0. The first-order chi connectivity index (χ1) is 9.04. The summed E-state index contributed by atoms with van der Waals surface area (Å²) in [6.45, 7) is 3.72. The highest BCUT2D eigenvalue weighted by Crippen LogP contribution is 2.09. The van der Waals surface area contributed by atoms with E-state index < -0.39 is 0 Å². The number of β-amino-alcohol motifs (C(OH)–C–C–N with tert-alkyl or cyclic N) is 1. The summed E-state index contributed by atoms with van der Waals surface area (Å²) in [5, 5.41) is 12.2. The zero-order valence-corrected chi connectivity index (χ0v) is 11.0. The molecule has 0 radical (unpaired) electrons. The van der Waals surface area contributed by atoms with Crippen molar-refractivity contribution in [2.45, 2.75) is 26.0 Å². The molecule has 104 valence electrons. The summed E-state index contributed by atoms with van der Waals surface area (Å²) in [4.78, 5) is 13.6. The molecule has 1 aromatic rings. The summed E-state index contributed by atoms with van der Waals surface area (Å²) in [7, 11) is 0. The third-order valence-corrected chi connectivity index (χ3v) is 3.33. The normalized spacial score (nSPS) is 19.6. The number of carbonyl (C=O) groups excluding carboxylic acids is 1. The predicted molar refractivity (Wildman–Crippen MR) is 70.0 cm³/mol. The van der Waals surface area contributed by atoms with Crippen molar-refractivity contribution in [3.63, 3.8) is 0 Å².